The van der Waals surface area contributed by atoms with Crippen molar-refractivity contribution in [2.45, 2.75) is 26.1 Å². The summed E-state index contributed by atoms with van der Waals surface area (Å²) in [6.07, 6.45) is -0.843. The minimum absolute atomic E-state index is 0.181. The molecular weight excluding hydrogens is 277 g/mol. The number of rotatable bonds is 3. The third-order valence-corrected chi connectivity index (χ3v) is 3.43. The number of aryl methyl sites for hydroxylation is 2. The van der Waals surface area contributed by atoms with Crippen molar-refractivity contribution in [1.82, 2.24) is 10.3 Å². The molecule has 1 aromatic carbocycles. The number of aromatic nitrogens is 1. The van der Waals surface area contributed by atoms with Crippen LogP contribution in [0.3, 0.4) is 0 Å². The van der Waals surface area contributed by atoms with E-state index in [1.165, 1.54) is 12.1 Å². The first-order chi connectivity index (χ1) is 9.82. The van der Waals surface area contributed by atoms with E-state index >= 15 is 0 Å². The van der Waals surface area contributed by atoms with Gasteiger partial charge in [0.1, 0.15) is 0 Å². The van der Waals surface area contributed by atoms with Crippen LogP contribution in [0.2, 0.25) is 0 Å². The van der Waals surface area contributed by atoms with E-state index in [2.05, 4.69) is 10.3 Å². The van der Waals surface area contributed by atoms with Gasteiger partial charge in [0.05, 0.1) is 11.6 Å². The Morgan fingerprint density at radius 1 is 1.10 bits per heavy atom. The highest BCUT2D eigenvalue weighted by Gasteiger charge is 2.31. The first kappa shape index (κ1) is 15.5. The number of pyridine rings is 1. The van der Waals surface area contributed by atoms with Gasteiger partial charge >= 0.3 is 6.18 Å². The molecule has 0 fully saturated rings. The lowest BCUT2D eigenvalue weighted by Gasteiger charge is -2.20. The van der Waals surface area contributed by atoms with Gasteiger partial charge in [-0.05, 0) is 55.3 Å². The Morgan fingerprint density at radius 3 is 2.33 bits per heavy atom. The lowest BCUT2D eigenvalue weighted by molar-refractivity contribution is -0.137. The summed E-state index contributed by atoms with van der Waals surface area (Å²) in [5, 5.41) is 3.14. The monoisotopic (exact) mass is 294 g/mol. The van der Waals surface area contributed by atoms with Crippen molar-refractivity contribution in [3.8, 4) is 0 Å². The number of benzene rings is 1. The molecule has 0 aliphatic carbocycles. The number of nitrogens with zero attached hydrogens (tertiary/aromatic N) is 1. The molecule has 21 heavy (non-hydrogen) atoms. The van der Waals surface area contributed by atoms with Crippen LogP contribution in [0, 0.1) is 13.8 Å². The third kappa shape index (κ3) is 3.42. The first-order valence-corrected chi connectivity index (χ1v) is 6.59. The maximum Gasteiger partial charge on any atom is 0.416 e. The van der Waals surface area contributed by atoms with Crippen LogP contribution in [-0.2, 0) is 6.18 Å². The Morgan fingerprint density at radius 2 is 1.81 bits per heavy atom. The summed E-state index contributed by atoms with van der Waals surface area (Å²) in [5.74, 6) is 0. The molecule has 1 atom stereocenters. The average molecular weight is 294 g/mol. The summed E-state index contributed by atoms with van der Waals surface area (Å²) in [5.41, 5.74) is 2.74. The van der Waals surface area contributed by atoms with Crippen LogP contribution >= 0.6 is 0 Å². The molecule has 2 aromatic rings. The van der Waals surface area contributed by atoms with Gasteiger partial charge in [0.15, 0.2) is 0 Å². The molecule has 5 heteroatoms. The Bertz CT molecular complexity index is 636. The summed E-state index contributed by atoms with van der Waals surface area (Å²) in [6, 6.07) is 5.63. The van der Waals surface area contributed by atoms with Gasteiger partial charge in [0, 0.05) is 12.4 Å². The molecule has 0 spiro atoms. The van der Waals surface area contributed by atoms with Gasteiger partial charge in [-0.1, -0.05) is 12.1 Å². The van der Waals surface area contributed by atoms with Gasteiger partial charge < -0.3 is 5.32 Å². The zero-order valence-electron chi connectivity index (χ0n) is 12.1. The SMILES string of the molecule is CNC(c1cncc(C)c1)c1ccc(C(F)(F)F)cc1C. The molecule has 0 radical (unpaired) electrons. The maximum absolute atomic E-state index is 12.7. The maximum atomic E-state index is 12.7. The van der Waals surface area contributed by atoms with Gasteiger partial charge in [-0.3, -0.25) is 4.98 Å². The molecule has 112 valence electrons. The van der Waals surface area contributed by atoms with Crippen molar-refractivity contribution in [3.63, 3.8) is 0 Å². The van der Waals surface area contributed by atoms with Gasteiger partial charge in [0.25, 0.3) is 0 Å². The molecule has 1 N–H and O–H groups in total. The number of nitrogens with one attached hydrogen (secondary N) is 1. The van der Waals surface area contributed by atoms with Crippen LogP contribution < -0.4 is 5.32 Å². The van der Waals surface area contributed by atoms with E-state index in [9.17, 15) is 13.2 Å². The van der Waals surface area contributed by atoms with Gasteiger partial charge in [0.2, 0.25) is 0 Å². The standard InChI is InChI=1S/C16H17F3N2/c1-10-6-12(9-21-8-10)15(20-3)14-5-4-13(7-11(14)2)16(17,18)19/h4-9,15,20H,1-3H3. The summed E-state index contributed by atoms with van der Waals surface area (Å²) in [4.78, 5) is 4.15. The van der Waals surface area contributed by atoms with Crippen molar-refractivity contribution in [3.05, 3.63) is 64.5 Å². The Balaban J connectivity index is 2.44. The highest BCUT2D eigenvalue weighted by atomic mass is 19.4. The Kier molecular flexibility index (Phi) is 4.32. The second kappa shape index (κ2) is 5.85. The topological polar surface area (TPSA) is 24.9 Å². The molecule has 0 amide bonds. The first-order valence-electron chi connectivity index (χ1n) is 6.59. The molecule has 0 saturated heterocycles. The molecule has 0 aliphatic rings. The quantitative estimate of drug-likeness (QED) is 0.924. The Labute approximate surface area is 122 Å². The lowest BCUT2D eigenvalue weighted by atomic mass is 9.94. The average Bonchev–Trinajstić information content (AvgIpc) is 2.40. The summed E-state index contributed by atoms with van der Waals surface area (Å²) < 4.78 is 38.2. The van der Waals surface area contributed by atoms with Crippen LogP contribution in [0.4, 0.5) is 13.2 Å². The van der Waals surface area contributed by atoms with Crippen molar-refractivity contribution in [2.75, 3.05) is 7.05 Å². The zero-order valence-corrected chi connectivity index (χ0v) is 12.1. The molecule has 0 bridgehead atoms. The minimum Gasteiger partial charge on any atom is -0.309 e. The molecule has 0 aliphatic heterocycles. The molecule has 1 unspecified atom stereocenters. The van der Waals surface area contributed by atoms with Crippen LogP contribution in [0.25, 0.3) is 0 Å². The van der Waals surface area contributed by atoms with Crippen LogP contribution in [0.1, 0.15) is 33.9 Å². The van der Waals surface area contributed by atoms with Crippen LogP contribution in [0.15, 0.2) is 36.7 Å². The number of hydrogen-bond acceptors (Lipinski definition) is 2. The fraction of sp³-hybridized carbons (Fsp3) is 0.312. The van der Waals surface area contributed by atoms with E-state index in [0.717, 1.165) is 22.8 Å². The second-order valence-electron chi connectivity index (χ2n) is 5.09. The van der Waals surface area contributed by atoms with Crippen LogP contribution in [-0.4, -0.2) is 12.0 Å². The van der Waals surface area contributed by atoms with Crippen molar-refractivity contribution in [1.29, 1.82) is 0 Å². The smallest absolute Gasteiger partial charge is 0.309 e. The Hall–Kier alpha value is -1.88. The fourth-order valence-electron chi connectivity index (χ4n) is 2.41. The molecule has 1 aromatic heterocycles. The predicted octanol–water partition coefficient (Wildman–Crippen LogP) is 4.03. The molecule has 2 rings (SSSR count). The largest absolute Gasteiger partial charge is 0.416 e. The zero-order chi connectivity index (χ0) is 15.6. The highest BCUT2D eigenvalue weighted by Crippen LogP contribution is 2.33. The van der Waals surface area contributed by atoms with E-state index in [-0.39, 0.29) is 6.04 Å². The predicted molar refractivity (Wildman–Crippen MR) is 76.1 cm³/mol. The number of halogens is 3. The highest BCUT2D eigenvalue weighted by molar-refractivity contribution is 5.39. The molecule has 0 saturated carbocycles. The van der Waals surface area contributed by atoms with E-state index in [4.69, 9.17) is 0 Å². The van der Waals surface area contributed by atoms with Crippen LogP contribution in [0.5, 0.6) is 0 Å². The summed E-state index contributed by atoms with van der Waals surface area (Å²) >= 11 is 0. The summed E-state index contributed by atoms with van der Waals surface area (Å²) in [6.45, 7) is 3.63. The summed E-state index contributed by atoms with van der Waals surface area (Å²) in [7, 11) is 1.78. The van der Waals surface area contributed by atoms with Gasteiger partial charge in [-0.25, -0.2) is 0 Å². The normalized spacial score (nSPS) is 13.2. The molecular formula is C16H17F3N2. The van der Waals surface area contributed by atoms with Gasteiger partial charge in [-0.2, -0.15) is 13.2 Å². The second-order valence-corrected chi connectivity index (χ2v) is 5.09. The lowest BCUT2D eigenvalue weighted by Crippen LogP contribution is -2.19. The fourth-order valence-corrected chi connectivity index (χ4v) is 2.41. The van der Waals surface area contributed by atoms with E-state index < -0.39 is 11.7 Å². The van der Waals surface area contributed by atoms with Crippen molar-refractivity contribution >= 4 is 0 Å². The number of hydrogen-bond donors (Lipinski definition) is 1. The third-order valence-electron chi connectivity index (χ3n) is 3.43. The molecule has 1 heterocycles. The van der Waals surface area contributed by atoms with Crippen molar-refractivity contribution < 1.29 is 13.2 Å². The van der Waals surface area contributed by atoms with Crippen molar-refractivity contribution in [2.24, 2.45) is 0 Å². The van der Waals surface area contributed by atoms with E-state index in [1.807, 2.05) is 13.0 Å². The molecule has 2 nitrogen and oxygen atoms in total. The van der Waals surface area contributed by atoms with Gasteiger partial charge in [-0.15, -0.1) is 0 Å². The van der Waals surface area contributed by atoms with E-state index in [0.29, 0.717) is 5.56 Å². The van der Waals surface area contributed by atoms with E-state index in [1.54, 1.807) is 26.4 Å². The minimum atomic E-state index is -4.32. The number of alkyl halides is 3.